The summed E-state index contributed by atoms with van der Waals surface area (Å²) in [4.78, 5) is 0. The first-order valence-electron chi connectivity index (χ1n) is 12.7. The van der Waals surface area contributed by atoms with Gasteiger partial charge < -0.3 is 0 Å². The lowest BCUT2D eigenvalue weighted by molar-refractivity contribution is -0.682. The first-order chi connectivity index (χ1) is 14.5. The summed E-state index contributed by atoms with van der Waals surface area (Å²) in [6, 6.07) is 4.04. The maximum atomic E-state index is 8.73. The van der Waals surface area contributed by atoms with Gasteiger partial charge in [0.15, 0.2) is 11.9 Å². The summed E-state index contributed by atoms with van der Waals surface area (Å²) < 4.78 is 76.2. The van der Waals surface area contributed by atoms with Crippen molar-refractivity contribution in [1.82, 2.24) is 0 Å². The third-order valence-corrected chi connectivity index (χ3v) is 3.77. The molecule has 2 aromatic rings. The number of nitrogens with zero attached hydrogens (tertiary/aromatic N) is 1. The summed E-state index contributed by atoms with van der Waals surface area (Å²) in [5, 5.41) is 0. The Morgan fingerprint density at radius 3 is 2.25 bits per heavy atom. The first kappa shape index (κ1) is 9.75. The van der Waals surface area contributed by atoms with Crippen molar-refractivity contribution in [2.45, 2.75) is 67.0 Å². The van der Waals surface area contributed by atoms with E-state index >= 15 is 0 Å². The fraction of sp³-hybridized carbons (Fsp3) is 0.522. The molecule has 0 unspecified atom stereocenters. The highest BCUT2D eigenvalue weighted by atomic mass is 14.9. The minimum absolute atomic E-state index is 0.000634. The summed E-state index contributed by atoms with van der Waals surface area (Å²) in [7, 11) is 1.74. The van der Waals surface area contributed by atoms with E-state index in [-0.39, 0.29) is 39.3 Å². The molecular weight excluding hydrogens is 290 g/mol. The number of hydrogen-bond acceptors (Lipinski definition) is 0. The van der Waals surface area contributed by atoms with E-state index in [0.29, 0.717) is 0 Å². The molecule has 0 atom stereocenters. The standard InChI is InChI=1S/C23H34N/c1-16-12-18(14-22(3,4)5)10-11-19(16)20-13-21(23(6,7)8)24(9)15-17(20)2/h10-13,15H,14H2,1-9H3/q+1/i1D3,2D3,11D,14D2. The van der Waals surface area contributed by atoms with E-state index in [2.05, 4.69) is 0 Å². The summed E-state index contributed by atoms with van der Waals surface area (Å²) >= 11 is 0. The van der Waals surface area contributed by atoms with Gasteiger partial charge in [-0.3, -0.25) is 0 Å². The minimum Gasteiger partial charge on any atom is -0.204 e. The molecule has 0 amide bonds. The van der Waals surface area contributed by atoms with Crippen LogP contribution in [0.5, 0.6) is 0 Å². The van der Waals surface area contributed by atoms with Crippen molar-refractivity contribution in [3.05, 3.63) is 52.8 Å². The van der Waals surface area contributed by atoms with E-state index in [4.69, 9.17) is 12.3 Å². The number of aryl methyl sites for hydroxylation is 3. The Bertz CT molecular complexity index is 1050. The quantitative estimate of drug-likeness (QED) is 0.622. The van der Waals surface area contributed by atoms with Gasteiger partial charge in [0.1, 0.15) is 7.05 Å². The molecule has 1 aromatic carbocycles. The molecule has 0 spiro atoms. The van der Waals surface area contributed by atoms with Crippen molar-refractivity contribution in [3.63, 3.8) is 0 Å². The predicted octanol–water partition coefficient (Wildman–Crippen LogP) is 5.68. The highest BCUT2D eigenvalue weighted by molar-refractivity contribution is 5.70. The number of pyridine rings is 1. The molecular formula is C23H34N+. The van der Waals surface area contributed by atoms with Crippen LogP contribution in [0.1, 0.15) is 76.3 Å². The Morgan fingerprint density at radius 2 is 1.71 bits per heavy atom. The van der Waals surface area contributed by atoms with Crippen molar-refractivity contribution in [2.75, 3.05) is 0 Å². The molecule has 0 saturated heterocycles. The zero-order chi connectivity index (χ0) is 25.9. The molecule has 0 N–H and O–H groups in total. The van der Waals surface area contributed by atoms with Crippen LogP contribution >= 0.6 is 0 Å². The third kappa shape index (κ3) is 4.26. The Morgan fingerprint density at radius 1 is 1.04 bits per heavy atom. The number of benzene rings is 1. The molecule has 0 fully saturated rings. The lowest BCUT2D eigenvalue weighted by Gasteiger charge is -2.20. The van der Waals surface area contributed by atoms with E-state index in [1.165, 1.54) is 18.3 Å². The lowest BCUT2D eigenvalue weighted by atomic mass is 9.85. The van der Waals surface area contributed by atoms with Crippen LogP contribution in [-0.4, -0.2) is 0 Å². The second-order valence-electron chi connectivity index (χ2n) is 8.40. The zero-order valence-corrected chi connectivity index (χ0v) is 15.8. The predicted molar refractivity (Wildman–Crippen MR) is 104 cm³/mol. The number of rotatable bonds is 2. The fourth-order valence-electron chi connectivity index (χ4n) is 2.83. The molecule has 0 bridgehead atoms. The third-order valence-electron chi connectivity index (χ3n) is 3.77. The monoisotopic (exact) mass is 333 g/mol. The molecule has 1 aromatic heterocycles. The highest BCUT2D eigenvalue weighted by Crippen LogP contribution is 2.31. The zero-order valence-electron chi connectivity index (χ0n) is 24.8. The van der Waals surface area contributed by atoms with Crippen LogP contribution < -0.4 is 4.57 Å². The van der Waals surface area contributed by atoms with Crippen molar-refractivity contribution in [3.8, 4) is 11.1 Å². The average Bonchev–Trinajstić information content (AvgIpc) is 2.57. The summed E-state index contributed by atoms with van der Waals surface area (Å²) in [5.41, 5.74) is -0.476. The molecule has 1 nitrogen and oxygen atoms in total. The van der Waals surface area contributed by atoms with Gasteiger partial charge in [0.2, 0.25) is 0 Å². The Labute approximate surface area is 161 Å². The van der Waals surface area contributed by atoms with Crippen molar-refractivity contribution >= 4 is 0 Å². The van der Waals surface area contributed by atoms with Gasteiger partial charge in [-0.25, -0.2) is 4.57 Å². The number of aromatic nitrogens is 1. The molecule has 1 heterocycles. The summed E-state index contributed by atoms with van der Waals surface area (Å²) in [6.07, 6.45) is -0.429. The van der Waals surface area contributed by atoms with Crippen LogP contribution in [0.2, 0.25) is 0 Å². The minimum atomic E-state index is -2.68. The van der Waals surface area contributed by atoms with E-state index in [0.717, 1.165) is 5.69 Å². The fourth-order valence-corrected chi connectivity index (χ4v) is 2.83. The van der Waals surface area contributed by atoms with Gasteiger partial charge in [-0.15, -0.1) is 0 Å². The maximum absolute atomic E-state index is 8.73. The summed E-state index contributed by atoms with van der Waals surface area (Å²) in [5.74, 6) is 0. The van der Waals surface area contributed by atoms with Crippen molar-refractivity contribution in [1.29, 1.82) is 0 Å². The van der Waals surface area contributed by atoms with E-state index in [9.17, 15) is 0 Å². The molecule has 0 aliphatic rings. The topological polar surface area (TPSA) is 3.88 Å². The average molecular weight is 334 g/mol. The molecule has 24 heavy (non-hydrogen) atoms. The lowest BCUT2D eigenvalue weighted by Crippen LogP contribution is -2.39. The Hall–Kier alpha value is -1.63. The molecule has 1 heteroatoms. The second-order valence-corrected chi connectivity index (χ2v) is 8.40. The van der Waals surface area contributed by atoms with E-state index < -0.39 is 25.5 Å². The van der Waals surface area contributed by atoms with Gasteiger partial charge >= 0.3 is 0 Å². The molecule has 0 aliphatic carbocycles. The van der Waals surface area contributed by atoms with Crippen LogP contribution in [0.15, 0.2) is 30.4 Å². The van der Waals surface area contributed by atoms with Gasteiger partial charge in [-0.05, 0) is 47.7 Å². The Balaban J connectivity index is 3.07. The molecule has 2 rings (SSSR count). The van der Waals surface area contributed by atoms with Crippen molar-refractivity contribution < 1.29 is 16.9 Å². The molecule has 0 aliphatic heterocycles. The van der Waals surface area contributed by atoms with Crippen molar-refractivity contribution in [2.24, 2.45) is 12.5 Å². The first-order valence-corrected chi connectivity index (χ1v) is 8.20. The van der Waals surface area contributed by atoms with Gasteiger partial charge in [0.25, 0.3) is 0 Å². The second kappa shape index (κ2) is 6.35. The maximum Gasteiger partial charge on any atom is 0.187 e. The largest absolute Gasteiger partial charge is 0.204 e. The van der Waals surface area contributed by atoms with Crippen LogP contribution in [-0.2, 0) is 18.8 Å². The summed E-state index contributed by atoms with van der Waals surface area (Å²) in [6.45, 7) is 5.80. The normalized spacial score (nSPS) is 19.7. The van der Waals surface area contributed by atoms with E-state index in [1.807, 2.05) is 20.8 Å². The van der Waals surface area contributed by atoms with Crippen LogP contribution in [0, 0.1) is 19.1 Å². The van der Waals surface area contributed by atoms with Crippen LogP contribution in [0.4, 0.5) is 0 Å². The smallest absolute Gasteiger partial charge is 0.187 e. The Kier molecular flexibility index (Phi) is 2.58. The SMILES string of the molecule is [2H]c1cc(C([2H])([2H])C(C)(C)C)cc(C([2H])([2H])[2H])c1-c1cc(C(C)(C)C)[n+](C)cc1C([2H])([2H])[2H]. The highest BCUT2D eigenvalue weighted by Gasteiger charge is 2.25. The van der Waals surface area contributed by atoms with Gasteiger partial charge in [-0.1, -0.05) is 59.7 Å². The van der Waals surface area contributed by atoms with Crippen LogP contribution in [0.3, 0.4) is 0 Å². The van der Waals surface area contributed by atoms with E-state index in [1.54, 1.807) is 38.5 Å². The van der Waals surface area contributed by atoms with Crippen LogP contribution in [0.25, 0.3) is 11.1 Å². The molecule has 130 valence electrons. The van der Waals surface area contributed by atoms with Gasteiger partial charge in [0, 0.05) is 28.0 Å². The molecule has 0 saturated carbocycles. The van der Waals surface area contributed by atoms with Gasteiger partial charge in [-0.2, -0.15) is 0 Å². The number of hydrogen-bond donors (Lipinski definition) is 0. The molecule has 0 radical (unpaired) electrons. The van der Waals surface area contributed by atoms with Gasteiger partial charge in [0.05, 0.1) is 1.37 Å².